The van der Waals surface area contributed by atoms with Crippen molar-refractivity contribution in [3.05, 3.63) is 41.0 Å². The molecule has 6 nitrogen and oxygen atoms in total. The first-order valence-electron chi connectivity index (χ1n) is 8.31. The molecule has 24 heavy (non-hydrogen) atoms. The smallest absolute Gasteiger partial charge is 0.255 e. The van der Waals surface area contributed by atoms with Crippen LogP contribution in [0.25, 0.3) is 5.57 Å². The van der Waals surface area contributed by atoms with E-state index in [4.69, 9.17) is 0 Å². The van der Waals surface area contributed by atoms with Crippen molar-refractivity contribution in [1.29, 1.82) is 0 Å². The molecule has 0 radical (unpaired) electrons. The summed E-state index contributed by atoms with van der Waals surface area (Å²) in [5, 5.41) is 5.68. The molecular weight excluding hydrogens is 306 g/mol. The molecule has 3 heterocycles. The predicted molar refractivity (Wildman–Crippen MR) is 88.0 cm³/mol. The number of nitrogens with zero attached hydrogens (tertiary/aromatic N) is 1. The Balaban J connectivity index is 1.59. The summed E-state index contributed by atoms with van der Waals surface area (Å²) >= 11 is 0. The summed E-state index contributed by atoms with van der Waals surface area (Å²) in [6.45, 7) is 2.26. The lowest BCUT2D eigenvalue weighted by Crippen LogP contribution is -2.52. The van der Waals surface area contributed by atoms with Gasteiger partial charge in [0.05, 0.1) is 0 Å². The lowest BCUT2D eigenvalue weighted by molar-refractivity contribution is -0.136. The molecule has 1 unspecified atom stereocenters. The number of benzene rings is 1. The standard InChI is InChI=1S/C18H19N3O3/c22-16-6-5-15(17(23)20-16)21-10-13-8-11(3-4-14(13)18(21)24)12-2-1-7-19-9-12/h2-4,8,15,19H,1,5-7,9-10H2,(H,20,22,23). The van der Waals surface area contributed by atoms with Gasteiger partial charge in [0.1, 0.15) is 6.04 Å². The van der Waals surface area contributed by atoms with E-state index >= 15 is 0 Å². The van der Waals surface area contributed by atoms with E-state index < -0.39 is 6.04 Å². The Labute approximate surface area is 139 Å². The Morgan fingerprint density at radius 3 is 2.79 bits per heavy atom. The van der Waals surface area contributed by atoms with Gasteiger partial charge in [-0.15, -0.1) is 0 Å². The van der Waals surface area contributed by atoms with Crippen LogP contribution in [0.1, 0.15) is 40.7 Å². The summed E-state index contributed by atoms with van der Waals surface area (Å²) in [5.41, 5.74) is 3.98. The first-order valence-corrected chi connectivity index (χ1v) is 8.31. The number of carbonyl (C=O) groups is 3. The molecule has 0 aromatic heterocycles. The average molecular weight is 325 g/mol. The van der Waals surface area contributed by atoms with Crippen LogP contribution in [0.4, 0.5) is 0 Å². The number of hydrogen-bond acceptors (Lipinski definition) is 4. The molecular formula is C18H19N3O3. The lowest BCUT2D eigenvalue weighted by Gasteiger charge is -2.29. The van der Waals surface area contributed by atoms with Crippen molar-refractivity contribution in [3.8, 4) is 0 Å². The highest BCUT2D eigenvalue weighted by Gasteiger charge is 2.39. The van der Waals surface area contributed by atoms with Gasteiger partial charge in [0.2, 0.25) is 11.8 Å². The third kappa shape index (κ3) is 2.53. The number of carbonyl (C=O) groups excluding carboxylic acids is 3. The minimum absolute atomic E-state index is 0.123. The Kier molecular flexibility index (Phi) is 3.69. The minimum Gasteiger partial charge on any atom is -0.322 e. The maximum Gasteiger partial charge on any atom is 0.255 e. The Morgan fingerprint density at radius 2 is 2.04 bits per heavy atom. The fraction of sp³-hybridized carbons (Fsp3) is 0.389. The van der Waals surface area contributed by atoms with Crippen molar-refractivity contribution in [3.63, 3.8) is 0 Å². The molecule has 124 valence electrons. The molecule has 0 aliphatic carbocycles. The number of amides is 3. The molecule has 6 heteroatoms. The second-order valence-electron chi connectivity index (χ2n) is 6.47. The van der Waals surface area contributed by atoms with Gasteiger partial charge in [-0.2, -0.15) is 0 Å². The van der Waals surface area contributed by atoms with Crippen molar-refractivity contribution in [2.45, 2.75) is 31.8 Å². The van der Waals surface area contributed by atoms with Crippen LogP contribution in [0.3, 0.4) is 0 Å². The first-order chi connectivity index (χ1) is 11.6. The summed E-state index contributed by atoms with van der Waals surface area (Å²) in [4.78, 5) is 37.6. The maximum atomic E-state index is 12.6. The number of hydrogen-bond donors (Lipinski definition) is 2. The molecule has 0 spiro atoms. The number of rotatable bonds is 2. The van der Waals surface area contributed by atoms with E-state index in [9.17, 15) is 14.4 Å². The average Bonchev–Trinajstić information content (AvgIpc) is 2.92. The van der Waals surface area contributed by atoms with Crippen molar-refractivity contribution in [1.82, 2.24) is 15.5 Å². The monoisotopic (exact) mass is 325 g/mol. The molecule has 1 aromatic carbocycles. The zero-order chi connectivity index (χ0) is 16.7. The second-order valence-corrected chi connectivity index (χ2v) is 6.47. The number of piperidine rings is 1. The SMILES string of the molecule is O=C1CCC(N2Cc3cc(C4=CCCNC4)ccc3C2=O)C(=O)N1. The largest absolute Gasteiger partial charge is 0.322 e. The van der Waals surface area contributed by atoms with Crippen molar-refractivity contribution >= 4 is 23.3 Å². The molecule has 1 atom stereocenters. The summed E-state index contributed by atoms with van der Waals surface area (Å²) in [5.74, 6) is -0.756. The van der Waals surface area contributed by atoms with Crippen LogP contribution in [-0.4, -0.2) is 41.8 Å². The highest BCUT2D eigenvalue weighted by molar-refractivity contribution is 6.05. The van der Waals surface area contributed by atoms with E-state index in [1.54, 1.807) is 4.90 Å². The topological polar surface area (TPSA) is 78.5 Å². The van der Waals surface area contributed by atoms with Crippen molar-refractivity contribution < 1.29 is 14.4 Å². The van der Waals surface area contributed by atoms with Crippen LogP contribution < -0.4 is 10.6 Å². The predicted octanol–water partition coefficient (Wildman–Crippen LogP) is 0.824. The van der Waals surface area contributed by atoms with Gasteiger partial charge < -0.3 is 10.2 Å². The van der Waals surface area contributed by atoms with Crippen LogP contribution in [0, 0.1) is 0 Å². The quantitative estimate of drug-likeness (QED) is 0.789. The van der Waals surface area contributed by atoms with Gasteiger partial charge in [0, 0.05) is 25.1 Å². The van der Waals surface area contributed by atoms with Gasteiger partial charge in [-0.05, 0) is 48.2 Å². The summed E-state index contributed by atoms with van der Waals surface area (Å²) in [6, 6.07) is 5.33. The van der Waals surface area contributed by atoms with Crippen molar-refractivity contribution in [2.75, 3.05) is 13.1 Å². The van der Waals surface area contributed by atoms with Crippen LogP contribution in [-0.2, 0) is 16.1 Å². The van der Waals surface area contributed by atoms with Crippen LogP contribution >= 0.6 is 0 Å². The molecule has 4 rings (SSSR count). The van der Waals surface area contributed by atoms with E-state index in [2.05, 4.69) is 22.8 Å². The normalized spacial score (nSPS) is 23.8. The lowest BCUT2D eigenvalue weighted by atomic mass is 9.98. The Morgan fingerprint density at radius 1 is 1.17 bits per heavy atom. The molecule has 3 aliphatic rings. The molecule has 2 N–H and O–H groups in total. The highest BCUT2D eigenvalue weighted by Crippen LogP contribution is 2.30. The van der Waals surface area contributed by atoms with E-state index in [0.29, 0.717) is 18.5 Å². The fourth-order valence-corrected chi connectivity index (χ4v) is 3.64. The van der Waals surface area contributed by atoms with Gasteiger partial charge in [0.15, 0.2) is 0 Å². The van der Waals surface area contributed by atoms with Gasteiger partial charge in [-0.1, -0.05) is 12.1 Å². The molecule has 1 aromatic rings. The van der Waals surface area contributed by atoms with E-state index in [-0.39, 0.29) is 24.1 Å². The van der Waals surface area contributed by atoms with Gasteiger partial charge in [0.25, 0.3) is 5.91 Å². The van der Waals surface area contributed by atoms with Crippen LogP contribution in [0.5, 0.6) is 0 Å². The zero-order valence-electron chi connectivity index (χ0n) is 13.3. The minimum atomic E-state index is -0.554. The first kappa shape index (κ1) is 15.1. The highest BCUT2D eigenvalue weighted by atomic mass is 16.2. The third-order valence-electron chi connectivity index (χ3n) is 4.92. The second kappa shape index (κ2) is 5.87. The Bertz CT molecular complexity index is 769. The molecule has 3 aliphatic heterocycles. The van der Waals surface area contributed by atoms with Crippen LogP contribution in [0.15, 0.2) is 24.3 Å². The molecule has 1 fully saturated rings. The summed E-state index contributed by atoms with van der Waals surface area (Å²) < 4.78 is 0. The van der Waals surface area contributed by atoms with E-state index in [1.165, 1.54) is 5.57 Å². The molecule has 0 saturated carbocycles. The summed E-state index contributed by atoms with van der Waals surface area (Å²) in [6.07, 6.45) is 3.91. The maximum absolute atomic E-state index is 12.6. The van der Waals surface area contributed by atoms with Gasteiger partial charge in [-0.3, -0.25) is 19.7 Å². The van der Waals surface area contributed by atoms with Crippen molar-refractivity contribution in [2.24, 2.45) is 0 Å². The molecule has 1 saturated heterocycles. The number of imide groups is 1. The summed E-state index contributed by atoms with van der Waals surface area (Å²) in [7, 11) is 0. The van der Waals surface area contributed by atoms with E-state index in [0.717, 1.165) is 30.6 Å². The Hall–Kier alpha value is -2.47. The fourth-order valence-electron chi connectivity index (χ4n) is 3.64. The van der Waals surface area contributed by atoms with Gasteiger partial charge in [-0.25, -0.2) is 0 Å². The van der Waals surface area contributed by atoms with E-state index in [1.807, 2.05) is 12.1 Å². The third-order valence-corrected chi connectivity index (χ3v) is 4.92. The van der Waals surface area contributed by atoms with Crippen LogP contribution in [0.2, 0.25) is 0 Å². The zero-order valence-corrected chi connectivity index (χ0v) is 13.3. The molecule has 0 bridgehead atoms. The number of fused-ring (bicyclic) bond motifs is 1. The number of nitrogens with one attached hydrogen (secondary N) is 2. The van der Waals surface area contributed by atoms with Gasteiger partial charge >= 0.3 is 0 Å². The molecule has 3 amide bonds.